The molecule has 0 saturated heterocycles. The molecule has 0 saturated carbocycles. The van der Waals surface area contributed by atoms with Crippen molar-refractivity contribution in [2.24, 2.45) is 5.14 Å². The predicted octanol–water partition coefficient (Wildman–Crippen LogP) is 3.39. The van der Waals surface area contributed by atoms with Crippen LogP contribution in [0.25, 0.3) is 16.7 Å². The van der Waals surface area contributed by atoms with E-state index in [0.29, 0.717) is 6.54 Å². The first-order chi connectivity index (χ1) is 15.3. The minimum Gasteiger partial charge on any atom is -0.351 e. The molecule has 3 aromatic carbocycles. The van der Waals surface area contributed by atoms with Crippen molar-refractivity contribution < 1.29 is 13.2 Å². The topological polar surface area (TPSA) is 107 Å². The molecule has 4 aromatic rings. The number of aromatic nitrogens is 2. The number of thioether (sulfide) groups is 1. The number of hydrogen-bond donors (Lipinski definition) is 2. The summed E-state index contributed by atoms with van der Waals surface area (Å²) in [4.78, 5) is 17.2. The van der Waals surface area contributed by atoms with Crippen LogP contribution in [0.3, 0.4) is 0 Å². The van der Waals surface area contributed by atoms with Gasteiger partial charge in [0.25, 0.3) is 0 Å². The van der Waals surface area contributed by atoms with Gasteiger partial charge in [0, 0.05) is 12.2 Å². The zero-order valence-corrected chi connectivity index (χ0v) is 19.0. The number of hydrogen-bond acceptors (Lipinski definition) is 5. The molecule has 164 valence electrons. The molecule has 0 fully saturated rings. The zero-order chi connectivity index (χ0) is 22.7. The van der Waals surface area contributed by atoms with Gasteiger partial charge in [0.2, 0.25) is 15.9 Å². The largest absolute Gasteiger partial charge is 0.351 e. The number of amides is 1. The number of fused-ring (bicyclic) bond motifs is 1. The standard InChI is InChI=1S/C23H22N4O3S2/c1-16-6-10-18(11-7-16)27-21-5-3-2-4-20(21)26-23(27)31-15-22(28)25-14-17-8-12-19(13-9-17)32(24,29)30/h2-13H,14-15H2,1H3,(H,25,28)(H2,24,29,30). The van der Waals surface area contributed by atoms with Crippen LogP contribution in [-0.4, -0.2) is 29.6 Å². The predicted molar refractivity (Wildman–Crippen MR) is 126 cm³/mol. The lowest BCUT2D eigenvalue weighted by Crippen LogP contribution is -2.24. The van der Waals surface area contributed by atoms with Crippen molar-refractivity contribution in [1.82, 2.24) is 14.9 Å². The van der Waals surface area contributed by atoms with Gasteiger partial charge in [0.05, 0.1) is 21.7 Å². The van der Waals surface area contributed by atoms with Crippen LogP contribution in [-0.2, 0) is 21.4 Å². The number of sulfonamides is 1. The Kier molecular flexibility index (Phi) is 6.31. The van der Waals surface area contributed by atoms with Crippen molar-refractivity contribution in [3.8, 4) is 5.69 Å². The maximum Gasteiger partial charge on any atom is 0.238 e. The van der Waals surface area contributed by atoms with Crippen LogP contribution >= 0.6 is 11.8 Å². The molecule has 0 atom stereocenters. The molecule has 0 radical (unpaired) electrons. The Morgan fingerprint density at radius 1 is 1.03 bits per heavy atom. The minimum atomic E-state index is -3.73. The van der Waals surface area contributed by atoms with E-state index in [1.54, 1.807) is 12.1 Å². The van der Waals surface area contributed by atoms with Gasteiger partial charge < -0.3 is 5.32 Å². The van der Waals surface area contributed by atoms with Crippen LogP contribution in [0.2, 0.25) is 0 Å². The number of carbonyl (C=O) groups is 1. The summed E-state index contributed by atoms with van der Waals surface area (Å²) in [5.74, 6) is 0.0535. The molecule has 1 heterocycles. The van der Waals surface area contributed by atoms with Crippen molar-refractivity contribution >= 4 is 38.7 Å². The summed E-state index contributed by atoms with van der Waals surface area (Å²) in [6.07, 6.45) is 0. The third-order valence-electron chi connectivity index (χ3n) is 4.90. The highest BCUT2D eigenvalue weighted by atomic mass is 32.2. The molecule has 0 unspecified atom stereocenters. The van der Waals surface area contributed by atoms with Crippen molar-refractivity contribution in [2.75, 3.05) is 5.75 Å². The van der Waals surface area contributed by atoms with Gasteiger partial charge in [-0.1, -0.05) is 53.7 Å². The highest BCUT2D eigenvalue weighted by Gasteiger charge is 2.14. The van der Waals surface area contributed by atoms with Crippen molar-refractivity contribution in [1.29, 1.82) is 0 Å². The van der Waals surface area contributed by atoms with E-state index in [1.165, 1.54) is 29.5 Å². The van der Waals surface area contributed by atoms with Crippen molar-refractivity contribution in [2.45, 2.75) is 23.5 Å². The number of rotatable bonds is 7. The molecular formula is C23H22N4O3S2. The number of nitrogens with two attached hydrogens (primary N) is 1. The second-order valence-corrected chi connectivity index (χ2v) is 9.81. The van der Waals surface area contributed by atoms with E-state index in [4.69, 9.17) is 10.1 Å². The molecule has 32 heavy (non-hydrogen) atoms. The van der Waals surface area contributed by atoms with E-state index in [0.717, 1.165) is 27.4 Å². The van der Waals surface area contributed by atoms with Gasteiger partial charge in [-0.05, 0) is 48.9 Å². The third-order valence-corrected chi connectivity index (χ3v) is 6.76. The Bertz CT molecular complexity index is 1360. The summed E-state index contributed by atoms with van der Waals surface area (Å²) in [7, 11) is -3.73. The van der Waals surface area contributed by atoms with Gasteiger partial charge >= 0.3 is 0 Å². The van der Waals surface area contributed by atoms with Crippen molar-refractivity contribution in [3.63, 3.8) is 0 Å². The lowest BCUT2D eigenvalue weighted by atomic mass is 10.2. The number of imidazole rings is 1. The summed E-state index contributed by atoms with van der Waals surface area (Å²) in [6.45, 7) is 2.33. The van der Waals surface area contributed by atoms with E-state index in [2.05, 4.69) is 9.88 Å². The molecule has 9 heteroatoms. The van der Waals surface area contributed by atoms with Crippen LogP contribution in [0, 0.1) is 6.92 Å². The summed E-state index contributed by atoms with van der Waals surface area (Å²) in [5, 5.41) is 8.69. The molecule has 3 N–H and O–H groups in total. The number of benzene rings is 3. The van der Waals surface area contributed by atoms with E-state index < -0.39 is 10.0 Å². The van der Waals surface area contributed by atoms with E-state index in [9.17, 15) is 13.2 Å². The second kappa shape index (κ2) is 9.15. The molecule has 0 aliphatic heterocycles. The van der Waals surface area contributed by atoms with Crippen LogP contribution in [0.15, 0.2) is 82.8 Å². The lowest BCUT2D eigenvalue weighted by molar-refractivity contribution is -0.118. The van der Waals surface area contributed by atoms with Gasteiger partial charge in [-0.3, -0.25) is 9.36 Å². The number of nitrogens with zero attached hydrogens (tertiary/aromatic N) is 2. The normalized spacial score (nSPS) is 11.6. The Morgan fingerprint density at radius 2 is 1.72 bits per heavy atom. The monoisotopic (exact) mass is 466 g/mol. The summed E-state index contributed by atoms with van der Waals surface area (Å²) < 4.78 is 24.7. The van der Waals surface area contributed by atoms with Gasteiger partial charge in [-0.2, -0.15) is 0 Å². The molecule has 0 bridgehead atoms. The first-order valence-corrected chi connectivity index (χ1v) is 12.4. The van der Waals surface area contributed by atoms with Crippen LogP contribution in [0.5, 0.6) is 0 Å². The van der Waals surface area contributed by atoms with Gasteiger partial charge in [-0.25, -0.2) is 18.5 Å². The van der Waals surface area contributed by atoms with Crippen LogP contribution in [0.4, 0.5) is 0 Å². The maximum atomic E-state index is 12.4. The van der Waals surface area contributed by atoms with Crippen molar-refractivity contribution in [3.05, 3.63) is 83.9 Å². The summed E-state index contributed by atoms with van der Waals surface area (Å²) in [5.41, 5.74) is 4.79. The quantitative estimate of drug-likeness (QED) is 0.406. The van der Waals surface area contributed by atoms with E-state index in [1.807, 2.05) is 55.5 Å². The highest BCUT2D eigenvalue weighted by molar-refractivity contribution is 7.99. The first-order valence-electron chi connectivity index (χ1n) is 9.87. The molecule has 0 aliphatic rings. The fourth-order valence-corrected chi connectivity index (χ4v) is 4.60. The summed E-state index contributed by atoms with van der Waals surface area (Å²) >= 11 is 1.36. The lowest BCUT2D eigenvalue weighted by Gasteiger charge is -2.10. The van der Waals surface area contributed by atoms with Gasteiger partial charge in [-0.15, -0.1) is 0 Å². The SMILES string of the molecule is Cc1ccc(-n2c(SCC(=O)NCc3ccc(S(N)(=O)=O)cc3)nc3ccccc32)cc1. The van der Waals surface area contributed by atoms with Gasteiger partial charge in [0.15, 0.2) is 5.16 Å². The number of aryl methyl sites for hydroxylation is 1. The smallest absolute Gasteiger partial charge is 0.238 e. The Morgan fingerprint density at radius 3 is 2.41 bits per heavy atom. The number of primary sulfonamides is 1. The molecule has 0 spiro atoms. The number of nitrogens with one attached hydrogen (secondary N) is 1. The molecule has 4 rings (SSSR count). The first kappa shape index (κ1) is 22.1. The Hall–Kier alpha value is -3.14. The fourth-order valence-electron chi connectivity index (χ4n) is 3.22. The summed E-state index contributed by atoms with van der Waals surface area (Å²) in [6, 6.07) is 22.2. The fraction of sp³-hybridized carbons (Fsp3) is 0.130. The molecule has 0 aliphatic carbocycles. The van der Waals surface area contributed by atoms with Crippen LogP contribution < -0.4 is 10.5 Å². The Balaban J connectivity index is 1.45. The second-order valence-electron chi connectivity index (χ2n) is 7.31. The van der Waals surface area contributed by atoms with E-state index in [-0.39, 0.29) is 16.6 Å². The Labute approximate surface area is 190 Å². The third kappa shape index (κ3) is 5.01. The number of para-hydroxylation sites is 2. The average Bonchev–Trinajstić information content (AvgIpc) is 3.15. The highest BCUT2D eigenvalue weighted by Crippen LogP contribution is 2.28. The molecular weight excluding hydrogens is 444 g/mol. The minimum absolute atomic E-state index is 0.0399. The molecule has 1 aromatic heterocycles. The number of carbonyl (C=O) groups excluding carboxylic acids is 1. The molecule has 1 amide bonds. The zero-order valence-electron chi connectivity index (χ0n) is 17.4. The van der Waals surface area contributed by atoms with Gasteiger partial charge in [0.1, 0.15) is 0 Å². The average molecular weight is 467 g/mol. The molecule has 7 nitrogen and oxygen atoms in total. The maximum absolute atomic E-state index is 12.4. The van der Waals surface area contributed by atoms with Crippen LogP contribution in [0.1, 0.15) is 11.1 Å². The van der Waals surface area contributed by atoms with E-state index >= 15 is 0 Å².